The Morgan fingerprint density at radius 3 is 2.95 bits per heavy atom. The molecular formula is C14H17F3N2O2. The molecule has 0 bridgehead atoms. The first-order chi connectivity index (χ1) is 9.87. The second-order valence-electron chi connectivity index (χ2n) is 5.26. The van der Waals surface area contributed by atoms with E-state index in [1.807, 2.05) is 6.92 Å². The second kappa shape index (κ2) is 6.32. The Morgan fingerprint density at radius 1 is 1.52 bits per heavy atom. The van der Waals surface area contributed by atoms with E-state index in [4.69, 9.17) is 0 Å². The number of ether oxygens (including phenoxy) is 1. The highest BCUT2D eigenvalue weighted by molar-refractivity contribution is 5.96. The van der Waals surface area contributed by atoms with Crippen molar-refractivity contribution in [1.82, 2.24) is 9.88 Å². The maximum Gasteiger partial charge on any atom is 0.422 e. The van der Waals surface area contributed by atoms with Crippen LogP contribution in [-0.4, -0.2) is 41.7 Å². The largest absolute Gasteiger partial charge is 0.467 e. The molecule has 2 heterocycles. The summed E-state index contributed by atoms with van der Waals surface area (Å²) in [7, 11) is 0. The molecule has 0 saturated carbocycles. The molecule has 1 fully saturated rings. The van der Waals surface area contributed by atoms with Crippen LogP contribution in [0.3, 0.4) is 0 Å². The highest BCUT2D eigenvalue weighted by Gasteiger charge is 2.30. The van der Waals surface area contributed by atoms with Gasteiger partial charge in [0.05, 0.1) is 0 Å². The van der Waals surface area contributed by atoms with Crippen LogP contribution < -0.4 is 4.74 Å². The molecule has 1 amide bonds. The van der Waals surface area contributed by atoms with Gasteiger partial charge in [-0.2, -0.15) is 13.2 Å². The molecule has 0 aliphatic carbocycles. The zero-order valence-electron chi connectivity index (χ0n) is 11.7. The van der Waals surface area contributed by atoms with Crippen LogP contribution in [0.1, 0.15) is 30.1 Å². The summed E-state index contributed by atoms with van der Waals surface area (Å²) in [6.07, 6.45) is -1.21. The number of pyridine rings is 1. The Balaban J connectivity index is 2.13. The zero-order chi connectivity index (χ0) is 15.5. The third kappa shape index (κ3) is 4.34. The van der Waals surface area contributed by atoms with Crippen LogP contribution >= 0.6 is 0 Å². The monoisotopic (exact) mass is 302 g/mol. The highest BCUT2D eigenvalue weighted by atomic mass is 19.4. The lowest BCUT2D eigenvalue weighted by molar-refractivity contribution is -0.154. The quantitative estimate of drug-likeness (QED) is 0.862. The summed E-state index contributed by atoms with van der Waals surface area (Å²) < 4.78 is 41.4. The van der Waals surface area contributed by atoms with Crippen LogP contribution in [0.2, 0.25) is 0 Å². The number of alkyl halides is 3. The summed E-state index contributed by atoms with van der Waals surface area (Å²) in [5, 5.41) is 0. The Hall–Kier alpha value is -1.79. The van der Waals surface area contributed by atoms with Crippen LogP contribution in [0.5, 0.6) is 5.88 Å². The van der Waals surface area contributed by atoms with Crippen molar-refractivity contribution < 1.29 is 22.7 Å². The number of carbonyl (C=O) groups excluding carboxylic acids is 1. The van der Waals surface area contributed by atoms with Gasteiger partial charge in [-0.15, -0.1) is 0 Å². The summed E-state index contributed by atoms with van der Waals surface area (Å²) >= 11 is 0. The van der Waals surface area contributed by atoms with Crippen LogP contribution in [0.4, 0.5) is 13.2 Å². The van der Waals surface area contributed by atoms with Crippen molar-refractivity contribution in [2.45, 2.75) is 25.9 Å². The van der Waals surface area contributed by atoms with Crippen molar-refractivity contribution >= 4 is 5.91 Å². The van der Waals surface area contributed by atoms with E-state index in [0.29, 0.717) is 19.0 Å². The molecule has 7 heteroatoms. The molecule has 1 aliphatic heterocycles. The minimum absolute atomic E-state index is 0.0795. The van der Waals surface area contributed by atoms with Crippen molar-refractivity contribution in [3.8, 4) is 5.88 Å². The van der Waals surface area contributed by atoms with E-state index >= 15 is 0 Å². The van der Waals surface area contributed by atoms with E-state index in [0.717, 1.165) is 12.8 Å². The molecule has 1 aliphatic rings. The minimum atomic E-state index is -4.46. The lowest BCUT2D eigenvalue weighted by Crippen LogP contribution is -2.39. The number of nitrogens with zero attached hydrogens (tertiary/aromatic N) is 2. The molecule has 0 spiro atoms. The standard InChI is InChI=1S/C14H17F3N2O2/c1-10-4-3-7-19(8-10)13(20)11-5-2-6-18-12(11)21-9-14(15,16)17/h2,5-6,10H,3-4,7-9H2,1H3. The minimum Gasteiger partial charge on any atom is -0.467 e. The van der Waals surface area contributed by atoms with Gasteiger partial charge in [0.2, 0.25) is 5.88 Å². The van der Waals surface area contributed by atoms with E-state index in [9.17, 15) is 18.0 Å². The fraction of sp³-hybridized carbons (Fsp3) is 0.571. The molecule has 0 aromatic carbocycles. The molecular weight excluding hydrogens is 285 g/mol. The fourth-order valence-corrected chi connectivity index (χ4v) is 2.36. The van der Waals surface area contributed by atoms with Crippen LogP contribution in [0, 0.1) is 5.92 Å². The average Bonchev–Trinajstić information content (AvgIpc) is 2.44. The lowest BCUT2D eigenvalue weighted by Gasteiger charge is -2.31. The van der Waals surface area contributed by atoms with E-state index in [1.54, 1.807) is 4.90 Å². The van der Waals surface area contributed by atoms with Gasteiger partial charge in [-0.1, -0.05) is 6.92 Å². The highest BCUT2D eigenvalue weighted by Crippen LogP contribution is 2.23. The van der Waals surface area contributed by atoms with Crippen molar-refractivity contribution in [2.75, 3.05) is 19.7 Å². The number of rotatable bonds is 3. The molecule has 0 N–H and O–H groups in total. The van der Waals surface area contributed by atoms with E-state index in [-0.39, 0.29) is 17.4 Å². The summed E-state index contributed by atoms with van der Waals surface area (Å²) in [5.41, 5.74) is 0.0795. The number of amides is 1. The number of hydrogen-bond acceptors (Lipinski definition) is 3. The first-order valence-electron chi connectivity index (χ1n) is 6.80. The SMILES string of the molecule is CC1CCCN(C(=O)c2cccnc2OCC(F)(F)F)C1. The molecule has 1 aromatic rings. The zero-order valence-corrected chi connectivity index (χ0v) is 11.7. The molecule has 1 unspecified atom stereocenters. The van der Waals surface area contributed by atoms with Gasteiger partial charge < -0.3 is 9.64 Å². The van der Waals surface area contributed by atoms with Gasteiger partial charge >= 0.3 is 6.18 Å². The van der Waals surface area contributed by atoms with Gasteiger partial charge in [-0.25, -0.2) is 4.98 Å². The third-order valence-corrected chi connectivity index (χ3v) is 3.32. The normalized spacial score (nSPS) is 19.4. The fourth-order valence-electron chi connectivity index (χ4n) is 2.36. The Labute approximate surface area is 120 Å². The number of likely N-dealkylation sites (tertiary alicyclic amines) is 1. The van der Waals surface area contributed by atoms with Gasteiger partial charge in [0.1, 0.15) is 5.56 Å². The molecule has 2 rings (SSSR count). The van der Waals surface area contributed by atoms with Crippen LogP contribution in [0.25, 0.3) is 0 Å². The summed E-state index contributed by atoms with van der Waals surface area (Å²) in [6.45, 7) is 1.80. The number of piperidine rings is 1. The van der Waals surface area contributed by atoms with Gasteiger partial charge in [0, 0.05) is 19.3 Å². The number of carbonyl (C=O) groups is 1. The van der Waals surface area contributed by atoms with E-state index < -0.39 is 12.8 Å². The summed E-state index contributed by atoms with van der Waals surface area (Å²) in [5.74, 6) is -0.205. The van der Waals surface area contributed by atoms with Gasteiger partial charge in [-0.05, 0) is 30.9 Å². The van der Waals surface area contributed by atoms with Crippen LogP contribution in [0.15, 0.2) is 18.3 Å². The Morgan fingerprint density at radius 2 is 2.29 bits per heavy atom. The smallest absolute Gasteiger partial charge is 0.422 e. The van der Waals surface area contributed by atoms with Crippen molar-refractivity contribution in [2.24, 2.45) is 5.92 Å². The Bertz CT molecular complexity index is 505. The van der Waals surface area contributed by atoms with Crippen molar-refractivity contribution in [3.05, 3.63) is 23.9 Å². The van der Waals surface area contributed by atoms with Gasteiger partial charge in [0.15, 0.2) is 6.61 Å². The molecule has 116 valence electrons. The molecule has 1 saturated heterocycles. The predicted molar refractivity (Wildman–Crippen MR) is 70.1 cm³/mol. The van der Waals surface area contributed by atoms with E-state index in [2.05, 4.69) is 9.72 Å². The first kappa shape index (κ1) is 15.6. The average molecular weight is 302 g/mol. The lowest BCUT2D eigenvalue weighted by atomic mass is 10.00. The number of hydrogen-bond donors (Lipinski definition) is 0. The van der Waals surface area contributed by atoms with Crippen molar-refractivity contribution in [3.63, 3.8) is 0 Å². The maximum absolute atomic E-state index is 12.4. The number of halogens is 3. The van der Waals surface area contributed by atoms with E-state index in [1.165, 1.54) is 18.3 Å². The Kier molecular flexibility index (Phi) is 4.69. The topological polar surface area (TPSA) is 42.4 Å². The summed E-state index contributed by atoms with van der Waals surface area (Å²) in [6, 6.07) is 2.96. The van der Waals surface area contributed by atoms with Crippen LogP contribution in [-0.2, 0) is 0 Å². The first-order valence-corrected chi connectivity index (χ1v) is 6.80. The maximum atomic E-state index is 12.4. The third-order valence-electron chi connectivity index (χ3n) is 3.32. The summed E-state index contributed by atoms with van der Waals surface area (Å²) in [4.78, 5) is 17.8. The molecule has 1 atom stereocenters. The molecule has 0 radical (unpaired) electrons. The molecule has 4 nitrogen and oxygen atoms in total. The molecule has 1 aromatic heterocycles. The van der Waals surface area contributed by atoms with Crippen molar-refractivity contribution in [1.29, 1.82) is 0 Å². The molecule has 21 heavy (non-hydrogen) atoms. The van der Waals surface area contributed by atoms with Gasteiger partial charge in [0.25, 0.3) is 5.91 Å². The second-order valence-corrected chi connectivity index (χ2v) is 5.26. The predicted octanol–water partition coefficient (Wildman–Crippen LogP) is 2.89. The number of aromatic nitrogens is 1. The van der Waals surface area contributed by atoms with Gasteiger partial charge in [-0.3, -0.25) is 4.79 Å².